The molecule has 0 spiro atoms. The van der Waals surface area contributed by atoms with Gasteiger partial charge in [0.15, 0.2) is 46.9 Å². The zero-order valence-corrected chi connectivity index (χ0v) is 44.7. The fraction of sp³-hybridized carbons (Fsp3) is 0.400. The van der Waals surface area contributed by atoms with Gasteiger partial charge >= 0.3 is 23.3 Å². The van der Waals surface area contributed by atoms with Crippen LogP contribution in [0.5, 0.6) is 63.2 Å². The number of aromatic hydroxyl groups is 5. The molecule has 3 aliphatic rings. The maximum atomic E-state index is 13.2. The number of methoxy groups -OCH3 is 4. The van der Waals surface area contributed by atoms with Crippen LogP contribution in [-0.4, -0.2) is 224 Å². The Balaban J connectivity index is 1.13. The fourth-order valence-electron chi connectivity index (χ4n) is 9.01. The summed E-state index contributed by atoms with van der Waals surface area (Å²) in [5, 5.41) is 151. The molecule has 1 aromatic heterocycles. The van der Waals surface area contributed by atoms with E-state index in [9.17, 15) is 81.1 Å². The van der Waals surface area contributed by atoms with Crippen LogP contribution in [0.2, 0.25) is 0 Å². The van der Waals surface area contributed by atoms with E-state index >= 15 is 0 Å². The van der Waals surface area contributed by atoms with Crippen molar-refractivity contribution in [1.29, 1.82) is 0 Å². The summed E-state index contributed by atoms with van der Waals surface area (Å²) in [5.41, 5.74) is 0.342. The molecule has 0 amide bonds. The number of hydrogen-bond donors (Lipinski definition) is 14. The molecule has 84 heavy (non-hydrogen) atoms. The predicted octanol–water partition coefficient (Wildman–Crippen LogP) is -0.347. The fourth-order valence-corrected chi connectivity index (χ4v) is 9.01. The van der Waals surface area contributed by atoms with Crippen LogP contribution in [0.25, 0.3) is 34.4 Å². The van der Waals surface area contributed by atoms with E-state index < -0.39 is 147 Å². The number of phenols is 5. The van der Waals surface area contributed by atoms with E-state index in [2.05, 4.69) is 0 Å². The Labute approximate surface area is 475 Å². The summed E-state index contributed by atoms with van der Waals surface area (Å²) in [4.78, 5) is 26.2. The lowest BCUT2D eigenvalue weighted by molar-refractivity contribution is -0.358. The van der Waals surface area contributed by atoms with Gasteiger partial charge in [-0.3, -0.25) is 0 Å². The predicted molar refractivity (Wildman–Crippen MR) is 281 cm³/mol. The molecular formula is C55H61O29+. The normalized spacial score (nSPS) is 28.0. The Morgan fingerprint density at radius 2 is 0.988 bits per heavy atom. The molecule has 15 atom stereocenters. The van der Waals surface area contributed by atoms with Gasteiger partial charge in [0.1, 0.15) is 97.2 Å². The van der Waals surface area contributed by atoms with Crippen molar-refractivity contribution in [3.63, 3.8) is 0 Å². The van der Waals surface area contributed by atoms with E-state index in [4.69, 9.17) is 61.3 Å². The lowest BCUT2D eigenvalue weighted by atomic mass is 9.97. The standard InChI is InChI=1S/C55H60O29/c1-72-31-11-22(12-32(73-2)41(31)62)5-9-39(60)76-20-37-44(65)47(68)50(71)54(82-37)84-52-48(69)45(66)38(21-77-40(61)10-6-23-13-33(74-3)42(63)34(14-23)75-4)83-55(52)80-35-18-26-29(78-51(35)24-7-8-27(58)28(59)15-24)16-25(57)17-30(26)79-53-49(70)46(67)43(64)36(19-56)81-53/h5-18,36-38,43-50,52-56,64-71H,19-21H2,1-4H3,(H4-,57,58,59,60,61,62,63)/p+1/t36?,37?,38?,43-,44-,45-,46+,47?,48?,49?,50-,52?,53-,54+,55-/m1/s1. The molecule has 29 nitrogen and oxygen atoms in total. The Bertz CT molecular complexity index is 3150. The van der Waals surface area contributed by atoms with E-state index in [0.29, 0.717) is 11.1 Å². The molecule has 0 radical (unpaired) electrons. The van der Waals surface area contributed by atoms with Crippen molar-refractivity contribution in [1.82, 2.24) is 0 Å². The summed E-state index contributed by atoms with van der Waals surface area (Å²) in [6, 6.07) is 12.1. The van der Waals surface area contributed by atoms with Crippen LogP contribution in [0.15, 0.2) is 77.2 Å². The Hall–Kier alpha value is -8.01. The van der Waals surface area contributed by atoms with Gasteiger partial charge in [-0.2, -0.15) is 0 Å². The number of aliphatic hydroxyl groups excluding tert-OH is 9. The van der Waals surface area contributed by atoms with Gasteiger partial charge in [-0.25, -0.2) is 14.0 Å². The Morgan fingerprint density at radius 3 is 1.50 bits per heavy atom. The molecule has 7 unspecified atom stereocenters. The van der Waals surface area contributed by atoms with Crippen molar-refractivity contribution in [2.24, 2.45) is 0 Å². The summed E-state index contributed by atoms with van der Waals surface area (Å²) < 4.78 is 73.5. The second kappa shape index (κ2) is 26.7. The highest BCUT2D eigenvalue weighted by Gasteiger charge is 2.53. The van der Waals surface area contributed by atoms with Crippen LogP contribution in [0, 0.1) is 0 Å². The topological polar surface area (TPSA) is 439 Å². The number of carbonyl (C=O) groups is 2. The Morgan fingerprint density at radius 1 is 0.512 bits per heavy atom. The number of benzene rings is 4. The Kier molecular flexibility index (Phi) is 19.7. The van der Waals surface area contributed by atoms with Crippen molar-refractivity contribution in [3.8, 4) is 74.6 Å². The summed E-state index contributed by atoms with van der Waals surface area (Å²) in [6.45, 7) is -2.47. The molecule has 3 saturated heterocycles. The van der Waals surface area contributed by atoms with Crippen LogP contribution in [0.3, 0.4) is 0 Å². The molecule has 8 rings (SSSR count). The molecule has 0 bridgehead atoms. The maximum absolute atomic E-state index is 13.2. The molecule has 4 heterocycles. The number of aliphatic hydroxyl groups is 9. The van der Waals surface area contributed by atoms with Gasteiger partial charge in [0.25, 0.3) is 0 Å². The first-order valence-electron chi connectivity index (χ1n) is 25.3. The third kappa shape index (κ3) is 13.5. The van der Waals surface area contributed by atoms with Gasteiger partial charge in [-0.1, -0.05) is 0 Å². The van der Waals surface area contributed by atoms with Crippen molar-refractivity contribution in [3.05, 3.63) is 83.9 Å². The molecule has 0 saturated carbocycles. The van der Waals surface area contributed by atoms with Crippen LogP contribution in [0.1, 0.15) is 11.1 Å². The number of esters is 2. The SMILES string of the molecule is COc1cc(/C=C/C(=O)OCC2O[C@@H](Oc3cc4c(O[C@@H]5OC(CO)[C@@H](O)[C@H](O)C5O)cc(O)cc4[o+]c3-c3ccc(O)c(O)c3)C(O[C@@H]3OC(COC(=O)/C=C/c4cc(OC)c(O)c(OC)c4)[C@@H](O)C(O)[C@H]3O)C(O)[C@@H]2O)cc(OC)c1O. The van der Waals surface area contributed by atoms with E-state index in [1.54, 1.807) is 0 Å². The number of fused-ring (bicyclic) bond motifs is 1. The molecule has 454 valence electrons. The minimum atomic E-state index is -2.20. The van der Waals surface area contributed by atoms with Crippen LogP contribution >= 0.6 is 0 Å². The average Bonchev–Trinajstić information content (AvgIpc) is 2.08. The van der Waals surface area contributed by atoms with Crippen molar-refractivity contribution < 1.29 is 142 Å². The van der Waals surface area contributed by atoms with Crippen molar-refractivity contribution >= 4 is 35.1 Å². The molecule has 5 aromatic rings. The van der Waals surface area contributed by atoms with Crippen molar-refractivity contribution in [2.45, 2.75) is 92.1 Å². The van der Waals surface area contributed by atoms with E-state index in [-0.39, 0.29) is 62.5 Å². The molecule has 29 heteroatoms. The monoisotopic (exact) mass is 1190 g/mol. The molecule has 3 fully saturated rings. The second-order valence-electron chi connectivity index (χ2n) is 19.0. The lowest BCUT2D eigenvalue weighted by Gasteiger charge is -2.45. The smallest absolute Gasteiger partial charge is 0.402 e. The third-order valence-electron chi connectivity index (χ3n) is 13.6. The molecule has 4 aromatic carbocycles. The van der Waals surface area contributed by atoms with Gasteiger partial charge in [-0.15, -0.1) is 0 Å². The number of carbonyl (C=O) groups excluding carboxylic acids is 2. The van der Waals surface area contributed by atoms with Gasteiger partial charge in [0.05, 0.1) is 46.7 Å². The average molecular weight is 1190 g/mol. The number of rotatable bonds is 20. The largest absolute Gasteiger partial charge is 0.507 e. The lowest BCUT2D eigenvalue weighted by Crippen LogP contribution is -2.65. The van der Waals surface area contributed by atoms with Crippen LogP contribution < -0.4 is 28.4 Å². The molecule has 3 aliphatic heterocycles. The van der Waals surface area contributed by atoms with Gasteiger partial charge < -0.3 is 128 Å². The first-order valence-corrected chi connectivity index (χ1v) is 25.3. The summed E-state index contributed by atoms with van der Waals surface area (Å²) >= 11 is 0. The minimum absolute atomic E-state index is 0.00780. The van der Waals surface area contributed by atoms with Gasteiger partial charge in [-0.05, 0) is 59.7 Å². The maximum Gasteiger partial charge on any atom is 0.402 e. The number of ether oxygens (including phenoxy) is 12. The van der Waals surface area contributed by atoms with Crippen molar-refractivity contribution in [2.75, 3.05) is 48.3 Å². The first-order chi connectivity index (χ1) is 40.1. The zero-order chi connectivity index (χ0) is 60.8. The molecular weight excluding hydrogens is 1120 g/mol. The van der Waals surface area contributed by atoms with Crippen LogP contribution in [-0.2, 0) is 38.0 Å². The van der Waals surface area contributed by atoms with E-state index in [0.717, 1.165) is 36.4 Å². The number of phenolic OH excluding ortho intramolecular Hbond substituents is 5. The van der Waals surface area contributed by atoms with Crippen LogP contribution in [0.4, 0.5) is 0 Å². The van der Waals surface area contributed by atoms with E-state index in [1.807, 2.05) is 0 Å². The molecule has 0 aliphatic carbocycles. The first kappa shape index (κ1) is 62.0. The summed E-state index contributed by atoms with van der Waals surface area (Å²) in [5.74, 6) is -5.56. The number of hydrogen-bond acceptors (Lipinski definition) is 28. The van der Waals surface area contributed by atoms with E-state index in [1.165, 1.54) is 77.0 Å². The second-order valence-corrected chi connectivity index (χ2v) is 19.0. The quantitative estimate of drug-likeness (QED) is 0.0205. The third-order valence-corrected chi connectivity index (χ3v) is 13.6. The highest BCUT2D eigenvalue weighted by molar-refractivity contribution is 5.90. The minimum Gasteiger partial charge on any atom is -0.507 e. The highest BCUT2D eigenvalue weighted by Crippen LogP contribution is 2.45. The van der Waals surface area contributed by atoms with Gasteiger partial charge in [0.2, 0.25) is 29.8 Å². The molecule has 14 N–H and O–H groups in total. The summed E-state index contributed by atoms with van der Waals surface area (Å²) in [6.07, 6.45) is -24.6. The van der Waals surface area contributed by atoms with Gasteiger partial charge in [0, 0.05) is 30.4 Å². The zero-order valence-electron chi connectivity index (χ0n) is 44.7. The summed E-state index contributed by atoms with van der Waals surface area (Å²) in [7, 11) is 5.17. The highest BCUT2D eigenvalue weighted by atomic mass is 16.8.